The van der Waals surface area contributed by atoms with Crippen molar-refractivity contribution in [2.45, 2.75) is 37.6 Å². The van der Waals surface area contributed by atoms with E-state index in [9.17, 15) is 4.79 Å². The van der Waals surface area contributed by atoms with Gasteiger partial charge in [0.25, 0.3) is 0 Å². The molecular formula is C22H30N2O3. The topological polar surface area (TPSA) is 50.8 Å². The van der Waals surface area contributed by atoms with Crippen LogP contribution in [0.4, 0.5) is 5.69 Å². The van der Waals surface area contributed by atoms with Crippen LogP contribution in [0.3, 0.4) is 0 Å². The lowest BCUT2D eigenvalue weighted by Crippen LogP contribution is -2.52. The zero-order valence-corrected chi connectivity index (χ0v) is 16.5. The molecule has 146 valence electrons. The number of hydrogen-bond acceptors (Lipinski definition) is 5. The predicted molar refractivity (Wildman–Crippen MR) is 106 cm³/mol. The van der Waals surface area contributed by atoms with Gasteiger partial charge in [0.05, 0.1) is 26.1 Å². The number of fused-ring (bicyclic) bond motifs is 4. The van der Waals surface area contributed by atoms with Crippen LogP contribution >= 0.6 is 0 Å². The Morgan fingerprint density at radius 3 is 2.93 bits per heavy atom. The molecule has 0 saturated carbocycles. The first-order valence-corrected chi connectivity index (χ1v) is 10.0. The molecule has 1 aromatic rings. The molecule has 2 fully saturated rings. The summed E-state index contributed by atoms with van der Waals surface area (Å²) in [5.41, 5.74) is 3.55. The molecule has 3 aliphatic heterocycles. The fourth-order valence-electron chi connectivity index (χ4n) is 5.74. The second-order valence-electron chi connectivity index (χ2n) is 8.13. The van der Waals surface area contributed by atoms with Gasteiger partial charge < -0.3 is 14.8 Å². The van der Waals surface area contributed by atoms with Gasteiger partial charge in [-0.25, -0.2) is 4.79 Å². The van der Waals surface area contributed by atoms with Gasteiger partial charge in [-0.2, -0.15) is 0 Å². The van der Waals surface area contributed by atoms with Crippen molar-refractivity contribution in [2.24, 2.45) is 11.8 Å². The number of rotatable bonds is 4. The van der Waals surface area contributed by atoms with Crippen LogP contribution in [0.5, 0.6) is 0 Å². The zero-order chi connectivity index (χ0) is 19.0. The van der Waals surface area contributed by atoms with E-state index in [0.717, 1.165) is 32.5 Å². The van der Waals surface area contributed by atoms with E-state index in [4.69, 9.17) is 9.47 Å². The number of piperidine rings is 1. The number of nitrogens with zero attached hydrogens (tertiary/aromatic N) is 1. The van der Waals surface area contributed by atoms with Crippen molar-refractivity contribution < 1.29 is 14.3 Å². The van der Waals surface area contributed by atoms with E-state index in [1.165, 1.54) is 24.8 Å². The molecule has 1 N–H and O–H groups in total. The number of nitrogens with one attached hydrogen (secondary N) is 1. The fraction of sp³-hybridized carbons (Fsp3) is 0.591. The highest BCUT2D eigenvalue weighted by molar-refractivity contribution is 5.88. The molecule has 3 aliphatic rings. The maximum absolute atomic E-state index is 12.5. The summed E-state index contributed by atoms with van der Waals surface area (Å²) >= 11 is 0. The van der Waals surface area contributed by atoms with Crippen LogP contribution in [0.15, 0.2) is 36.1 Å². The summed E-state index contributed by atoms with van der Waals surface area (Å²) in [7, 11) is 3.06. The first-order valence-electron chi connectivity index (χ1n) is 10.0. The molecule has 0 amide bonds. The molecule has 1 aromatic carbocycles. The summed E-state index contributed by atoms with van der Waals surface area (Å²) in [4.78, 5) is 15.1. The number of hydrogen-bond donors (Lipinski definition) is 1. The van der Waals surface area contributed by atoms with Crippen molar-refractivity contribution >= 4 is 11.7 Å². The van der Waals surface area contributed by atoms with Gasteiger partial charge >= 0.3 is 5.97 Å². The minimum atomic E-state index is -0.259. The lowest BCUT2D eigenvalue weighted by atomic mass is 9.68. The average molecular weight is 370 g/mol. The molecule has 1 spiro atoms. The number of ether oxygens (including phenoxy) is 2. The maximum Gasteiger partial charge on any atom is 0.337 e. The average Bonchev–Trinajstić information content (AvgIpc) is 3.27. The van der Waals surface area contributed by atoms with E-state index in [2.05, 4.69) is 41.4 Å². The summed E-state index contributed by atoms with van der Waals surface area (Å²) in [5, 5.41) is 3.64. The molecule has 0 radical (unpaired) electrons. The second-order valence-corrected chi connectivity index (χ2v) is 8.13. The van der Waals surface area contributed by atoms with Crippen LogP contribution in [-0.2, 0) is 19.7 Å². The molecule has 5 heteroatoms. The van der Waals surface area contributed by atoms with Crippen LogP contribution in [0.2, 0.25) is 0 Å². The first kappa shape index (κ1) is 18.4. The quantitative estimate of drug-likeness (QED) is 0.501. The van der Waals surface area contributed by atoms with Gasteiger partial charge in [-0.3, -0.25) is 4.90 Å². The third-order valence-corrected chi connectivity index (χ3v) is 7.09. The highest BCUT2D eigenvalue weighted by Gasteiger charge is 2.55. The van der Waals surface area contributed by atoms with Gasteiger partial charge in [0.2, 0.25) is 0 Å². The molecule has 2 saturated heterocycles. The fourth-order valence-corrected chi connectivity index (χ4v) is 5.74. The lowest BCUT2D eigenvalue weighted by molar-refractivity contribution is -0.137. The number of methoxy groups -OCH3 is 2. The van der Waals surface area contributed by atoms with E-state index in [0.29, 0.717) is 17.5 Å². The summed E-state index contributed by atoms with van der Waals surface area (Å²) in [6, 6.07) is 9.16. The third kappa shape index (κ3) is 2.83. The highest BCUT2D eigenvalue weighted by Crippen LogP contribution is 2.52. The standard InChI is InChI=1S/C22H30N2O3/c1-4-15-12-24-10-9-22(14-23-19-8-6-5-7-18(19)22)20(24)11-16(15)17(13-26-2)21(25)27-3/h5-8,13,15-16,20,23H,4,9-12,14H2,1-3H3. The van der Waals surface area contributed by atoms with Gasteiger partial charge in [0, 0.05) is 30.2 Å². The third-order valence-electron chi connectivity index (χ3n) is 7.09. The summed E-state index contributed by atoms with van der Waals surface area (Å²) < 4.78 is 10.4. The minimum Gasteiger partial charge on any atom is -0.504 e. The van der Waals surface area contributed by atoms with Gasteiger partial charge in [-0.05, 0) is 42.9 Å². The van der Waals surface area contributed by atoms with Gasteiger partial charge in [0.1, 0.15) is 0 Å². The van der Waals surface area contributed by atoms with Crippen molar-refractivity contribution in [3.63, 3.8) is 0 Å². The lowest BCUT2D eigenvalue weighted by Gasteiger charge is -2.45. The Bertz CT molecular complexity index is 747. The Morgan fingerprint density at radius 1 is 1.37 bits per heavy atom. The largest absolute Gasteiger partial charge is 0.504 e. The van der Waals surface area contributed by atoms with Crippen LogP contribution in [0.25, 0.3) is 0 Å². The summed E-state index contributed by atoms with van der Waals surface area (Å²) in [6.45, 7) is 5.37. The van der Waals surface area contributed by atoms with E-state index in [1.54, 1.807) is 13.4 Å². The zero-order valence-electron chi connectivity index (χ0n) is 16.5. The molecule has 4 atom stereocenters. The molecule has 3 heterocycles. The second kappa shape index (κ2) is 7.19. The van der Waals surface area contributed by atoms with E-state index in [-0.39, 0.29) is 17.3 Å². The van der Waals surface area contributed by atoms with Crippen LogP contribution < -0.4 is 5.32 Å². The van der Waals surface area contributed by atoms with Crippen LogP contribution in [-0.4, -0.2) is 50.8 Å². The number of carbonyl (C=O) groups is 1. The van der Waals surface area contributed by atoms with Crippen molar-refractivity contribution in [1.29, 1.82) is 0 Å². The smallest absolute Gasteiger partial charge is 0.337 e. The van der Waals surface area contributed by atoms with Crippen molar-refractivity contribution in [3.8, 4) is 0 Å². The Morgan fingerprint density at radius 2 is 2.19 bits per heavy atom. The Hall–Kier alpha value is -2.01. The van der Waals surface area contributed by atoms with Gasteiger partial charge in [-0.1, -0.05) is 31.5 Å². The first-order chi connectivity index (χ1) is 13.1. The van der Waals surface area contributed by atoms with E-state index in [1.807, 2.05) is 0 Å². The van der Waals surface area contributed by atoms with Crippen molar-refractivity contribution in [1.82, 2.24) is 4.90 Å². The van der Waals surface area contributed by atoms with Gasteiger partial charge in [0.15, 0.2) is 0 Å². The van der Waals surface area contributed by atoms with E-state index >= 15 is 0 Å². The Labute approximate surface area is 161 Å². The molecule has 5 nitrogen and oxygen atoms in total. The Kier molecular flexibility index (Phi) is 4.89. The number of esters is 1. The van der Waals surface area contributed by atoms with E-state index < -0.39 is 0 Å². The molecule has 4 rings (SSSR count). The number of carbonyl (C=O) groups excluding carboxylic acids is 1. The van der Waals surface area contributed by atoms with Crippen LogP contribution in [0.1, 0.15) is 31.7 Å². The monoisotopic (exact) mass is 370 g/mol. The molecule has 0 bridgehead atoms. The van der Waals surface area contributed by atoms with Crippen molar-refractivity contribution in [2.75, 3.05) is 39.2 Å². The van der Waals surface area contributed by atoms with Crippen molar-refractivity contribution in [3.05, 3.63) is 41.7 Å². The SMILES string of the molecule is CCC1CN2CCC3(CNc4ccccc43)C2CC1C(=COC)C(=O)OC. The van der Waals surface area contributed by atoms with Gasteiger partial charge in [-0.15, -0.1) is 0 Å². The molecular weight excluding hydrogens is 340 g/mol. The molecule has 0 aromatic heterocycles. The maximum atomic E-state index is 12.5. The summed E-state index contributed by atoms with van der Waals surface area (Å²) in [5.74, 6) is 0.360. The normalized spacial score (nSPS) is 32.7. The minimum absolute atomic E-state index is 0.141. The van der Waals surface area contributed by atoms with Crippen LogP contribution in [0, 0.1) is 11.8 Å². The highest BCUT2D eigenvalue weighted by atomic mass is 16.5. The molecule has 0 aliphatic carbocycles. The number of benzene rings is 1. The molecule has 27 heavy (non-hydrogen) atoms. The molecule has 4 unspecified atom stereocenters. The Balaban J connectivity index is 1.69. The number of para-hydroxylation sites is 1. The predicted octanol–water partition coefficient (Wildman–Crippen LogP) is 3.17. The number of anilines is 1. The summed E-state index contributed by atoms with van der Waals surface area (Å²) in [6.07, 6.45) is 4.80.